The third-order valence-corrected chi connectivity index (χ3v) is 7.51. The first-order valence-electron chi connectivity index (χ1n) is 13.3. The molecular formula is C29H29ClFN7O4. The Kier molecular flexibility index (Phi) is 8.25. The van der Waals surface area contributed by atoms with Gasteiger partial charge in [0.25, 0.3) is 5.91 Å². The lowest BCUT2D eigenvalue weighted by Crippen LogP contribution is -2.29. The molecule has 2 atom stereocenters. The normalized spacial score (nSPS) is 16.8. The Bertz CT molecular complexity index is 1670. The van der Waals surface area contributed by atoms with E-state index in [9.17, 15) is 18.8 Å². The largest absolute Gasteiger partial charge is 0.453 e. The van der Waals surface area contributed by atoms with Crippen LogP contribution in [0, 0.1) is 18.7 Å². The average Bonchev–Trinajstić information content (AvgIpc) is 3.60. The predicted octanol–water partition coefficient (Wildman–Crippen LogP) is 5.77. The first kappa shape index (κ1) is 28.8. The van der Waals surface area contributed by atoms with Crippen LogP contribution in [0.25, 0.3) is 17.1 Å². The number of imidazole rings is 1. The first-order valence-corrected chi connectivity index (χ1v) is 13.7. The molecule has 4 aromatic rings. The summed E-state index contributed by atoms with van der Waals surface area (Å²) in [4.78, 5) is 46.1. The lowest BCUT2D eigenvalue weighted by molar-refractivity contribution is -0.119. The molecule has 0 saturated heterocycles. The number of carbonyl (C=O) groups excluding carboxylic acids is 3. The molecule has 3 heterocycles. The van der Waals surface area contributed by atoms with E-state index in [4.69, 9.17) is 16.6 Å². The molecule has 13 heteroatoms. The molecule has 5 rings (SSSR count). The molecule has 1 aliphatic rings. The second kappa shape index (κ2) is 12.0. The van der Waals surface area contributed by atoms with Crippen LogP contribution in [0.4, 0.5) is 20.6 Å². The zero-order valence-corrected chi connectivity index (χ0v) is 23.9. The van der Waals surface area contributed by atoms with Gasteiger partial charge in [-0.25, -0.2) is 18.9 Å². The summed E-state index contributed by atoms with van der Waals surface area (Å²) in [6.07, 6.45) is 4.18. The number of aromatic nitrogens is 4. The zero-order chi connectivity index (χ0) is 30.0. The highest BCUT2D eigenvalue weighted by Crippen LogP contribution is 2.32. The third kappa shape index (κ3) is 5.84. The van der Waals surface area contributed by atoms with Crippen molar-refractivity contribution >= 4 is 40.9 Å². The number of nitrogens with zero attached hydrogens (tertiary/aromatic N) is 3. The Balaban J connectivity index is 1.45. The van der Waals surface area contributed by atoms with Crippen molar-refractivity contribution in [1.29, 1.82) is 0 Å². The van der Waals surface area contributed by atoms with E-state index in [1.165, 1.54) is 30.1 Å². The number of amides is 3. The van der Waals surface area contributed by atoms with Crippen molar-refractivity contribution in [2.45, 2.75) is 39.2 Å². The molecule has 42 heavy (non-hydrogen) atoms. The number of methoxy groups -OCH3 is 1. The summed E-state index contributed by atoms with van der Waals surface area (Å²) < 4.78 is 20.7. The summed E-state index contributed by atoms with van der Waals surface area (Å²) >= 11 is 5.94. The van der Waals surface area contributed by atoms with Crippen LogP contribution < -0.4 is 16.0 Å². The number of ether oxygens (including phenoxy) is 1. The number of aromatic amines is 1. The van der Waals surface area contributed by atoms with Gasteiger partial charge < -0.3 is 20.4 Å². The summed E-state index contributed by atoms with van der Waals surface area (Å²) in [6, 6.07) is 9.12. The average molecular weight is 594 g/mol. The molecule has 2 aromatic carbocycles. The standard InChI is InChI=1S/C29H29ClFN7O4/c1-15-6-4-8-21(36-28(40)19-13-33-38(16(19)2)24-9-5-7-20(30)25(24)31)23-14-32-26(35-23)18-11-10-17(34-29(41)42-3)12-22(18)37-27(15)39/h5,7,9-15,21H,4,6,8H2,1-3H3,(H,32,35)(H,34,41)(H,36,40)(H,37,39)/t15-,21+/m1/s1. The Morgan fingerprint density at radius 1 is 1.21 bits per heavy atom. The van der Waals surface area contributed by atoms with Crippen LogP contribution in [0.15, 0.2) is 48.8 Å². The third-order valence-electron chi connectivity index (χ3n) is 7.22. The van der Waals surface area contributed by atoms with Crippen molar-refractivity contribution in [2.75, 3.05) is 17.7 Å². The summed E-state index contributed by atoms with van der Waals surface area (Å²) in [5.41, 5.74) is 2.96. The summed E-state index contributed by atoms with van der Waals surface area (Å²) in [6.45, 7) is 3.51. The van der Waals surface area contributed by atoms with Gasteiger partial charge in [0.2, 0.25) is 5.91 Å². The first-order chi connectivity index (χ1) is 20.2. The van der Waals surface area contributed by atoms with Gasteiger partial charge in [-0.15, -0.1) is 0 Å². The molecule has 0 saturated carbocycles. The minimum Gasteiger partial charge on any atom is -0.453 e. The van der Waals surface area contributed by atoms with Crippen molar-refractivity contribution in [3.05, 3.63) is 76.6 Å². The number of anilines is 2. The zero-order valence-electron chi connectivity index (χ0n) is 23.1. The highest BCUT2D eigenvalue weighted by Gasteiger charge is 2.25. The smallest absolute Gasteiger partial charge is 0.411 e. The van der Waals surface area contributed by atoms with Crippen LogP contribution in [0.5, 0.6) is 0 Å². The van der Waals surface area contributed by atoms with Gasteiger partial charge in [0.15, 0.2) is 5.82 Å². The fraction of sp³-hybridized carbons (Fsp3) is 0.276. The molecule has 0 aliphatic carbocycles. The van der Waals surface area contributed by atoms with Gasteiger partial charge in [0.05, 0.1) is 47.0 Å². The maximum absolute atomic E-state index is 14.7. The van der Waals surface area contributed by atoms with E-state index in [-0.39, 0.29) is 28.1 Å². The van der Waals surface area contributed by atoms with Crippen LogP contribution in [0.2, 0.25) is 5.02 Å². The van der Waals surface area contributed by atoms with E-state index in [1.807, 2.05) is 6.92 Å². The van der Waals surface area contributed by atoms with Crippen LogP contribution in [-0.4, -0.2) is 44.8 Å². The molecule has 0 radical (unpaired) electrons. The molecule has 4 N–H and O–H groups in total. The predicted molar refractivity (Wildman–Crippen MR) is 155 cm³/mol. The minimum absolute atomic E-state index is 0.0450. The molecule has 1 aliphatic heterocycles. The van der Waals surface area contributed by atoms with Crippen molar-refractivity contribution < 1.29 is 23.5 Å². The monoisotopic (exact) mass is 593 g/mol. The SMILES string of the molecule is COC(=O)Nc1ccc2c(c1)NC(=O)[C@H](C)CCC[C@H](NC(=O)c1cnn(-c3cccc(Cl)c3F)c1C)c1c[nH]c-2n1. The fourth-order valence-electron chi connectivity index (χ4n) is 4.83. The maximum atomic E-state index is 14.7. The van der Waals surface area contributed by atoms with E-state index in [0.717, 1.165) is 0 Å². The molecule has 0 unspecified atom stereocenters. The highest BCUT2D eigenvalue weighted by molar-refractivity contribution is 6.30. The number of H-pyrrole nitrogens is 1. The topological polar surface area (TPSA) is 143 Å². The van der Waals surface area contributed by atoms with Crippen molar-refractivity contribution in [3.8, 4) is 17.1 Å². The number of halogens is 2. The van der Waals surface area contributed by atoms with Gasteiger partial charge in [0, 0.05) is 23.4 Å². The summed E-state index contributed by atoms with van der Waals surface area (Å²) in [5, 5.41) is 12.8. The second-order valence-corrected chi connectivity index (χ2v) is 10.4. The number of benzene rings is 2. The van der Waals surface area contributed by atoms with Crippen molar-refractivity contribution in [1.82, 2.24) is 25.1 Å². The molecule has 2 bridgehead atoms. The lowest BCUT2D eigenvalue weighted by Gasteiger charge is -2.20. The fourth-order valence-corrected chi connectivity index (χ4v) is 5.00. The van der Waals surface area contributed by atoms with E-state index in [0.29, 0.717) is 53.4 Å². The van der Waals surface area contributed by atoms with E-state index in [1.54, 1.807) is 37.4 Å². The number of nitrogens with one attached hydrogen (secondary N) is 4. The Morgan fingerprint density at radius 3 is 2.81 bits per heavy atom. The Hall–Kier alpha value is -4.71. The molecule has 0 spiro atoms. The molecule has 2 aromatic heterocycles. The van der Waals surface area contributed by atoms with Crippen molar-refractivity contribution in [2.24, 2.45) is 5.92 Å². The molecular weight excluding hydrogens is 565 g/mol. The molecule has 3 amide bonds. The van der Waals surface area contributed by atoms with Gasteiger partial charge in [0.1, 0.15) is 11.5 Å². The number of fused-ring (bicyclic) bond motifs is 4. The second-order valence-electron chi connectivity index (χ2n) is 10.0. The number of carbonyl (C=O) groups is 3. The number of rotatable bonds is 4. The van der Waals surface area contributed by atoms with Gasteiger partial charge in [-0.05, 0) is 50.1 Å². The van der Waals surface area contributed by atoms with Crippen LogP contribution >= 0.6 is 11.6 Å². The van der Waals surface area contributed by atoms with Crippen LogP contribution in [-0.2, 0) is 9.53 Å². The van der Waals surface area contributed by atoms with Crippen LogP contribution in [0.3, 0.4) is 0 Å². The molecule has 0 fully saturated rings. The van der Waals surface area contributed by atoms with Crippen molar-refractivity contribution in [3.63, 3.8) is 0 Å². The minimum atomic E-state index is -0.639. The van der Waals surface area contributed by atoms with E-state index in [2.05, 4.69) is 30.8 Å². The Morgan fingerprint density at radius 2 is 2.02 bits per heavy atom. The number of hydrogen-bond donors (Lipinski definition) is 4. The quantitative estimate of drug-likeness (QED) is 0.236. The van der Waals surface area contributed by atoms with E-state index >= 15 is 0 Å². The van der Waals surface area contributed by atoms with E-state index < -0.39 is 23.9 Å². The number of hydrogen-bond acceptors (Lipinski definition) is 6. The van der Waals surface area contributed by atoms with Gasteiger partial charge in [-0.1, -0.05) is 31.0 Å². The molecule has 218 valence electrons. The van der Waals surface area contributed by atoms with Crippen LogP contribution in [0.1, 0.15) is 54.0 Å². The lowest BCUT2D eigenvalue weighted by atomic mass is 9.98. The van der Waals surface area contributed by atoms with Gasteiger partial charge in [-0.3, -0.25) is 14.9 Å². The maximum Gasteiger partial charge on any atom is 0.411 e. The van der Waals surface area contributed by atoms with Gasteiger partial charge in [-0.2, -0.15) is 5.10 Å². The summed E-state index contributed by atoms with van der Waals surface area (Å²) in [5.74, 6) is -1.06. The highest BCUT2D eigenvalue weighted by atomic mass is 35.5. The Labute approximate surface area is 245 Å². The van der Waals surface area contributed by atoms with Gasteiger partial charge >= 0.3 is 6.09 Å². The molecule has 11 nitrogen and oxygen atoms in total. The summed E-state index contributed by atoms with van der Waals surface area (Å²) in [7, 11) is 1.26.